The van der Waals surface area contributed by atoms with E-state index in [0.717, 1.165) is 6.42 Å². The Morgan fingerprint density at radius 3 is 2.48 bits per heavy atom. The molecule has 2 aliphatic heterocycles. The Balaban J connectivity index is 2.25. The normalized spacial score (nSPS) is 20.4. The number of para-hydroxylation sites is 1. The number of esters is 2. The van der Waals surface area contributed by atoms with Gasteiger partial charge in [-0.3, -0.25) is 4.79 Å². The standard InChI is InChI=1S/C23H28N2O6/c1-6-7-12-29-19(26)17-18(24)30-13(2)16(20(27)31-22(3,4)5)23(17)14-10-8-9-11-15(14)25-21(23)28/h8-11H,6-7,12,24H2,1-5H3,(H,25,28). The number of hydrogen-bond donors (Lipinski definition) is 2. The van der Waals surface area contributed by atoms with E-state index in [4.69, 9.17) is 19.9 Å². The van der Waals surface area contributed by atoms with Crippen molar-refractivity contribution in [1.29, 1.82) is 0 Å². The molecule has 1 amide bonds. The second kappa shape index (κ2) is 8.09. The van der Waals surface area contributed by atoms with Crippen molar-refractivity contribution in [3.63, 3.8) is 0 Å². The van der Waals surface area contributed by atoms with E-state index in [2.05, 4.69) is 5.32 Å². The van der Waals surface area contributed by atoms with Gasteiger partial charge in [-0.15, -0.1) is 0 Å². The van der Waals surface area contributed by atoms with E-state index < -0.39 is 28.9 Å². The lowest BCUT2D eigenvalue weighted by molar-refractivity contribution is -0.152. The number of fused-ring (bicyclic) bond motifs is 2. The summed E-state index contributed by atoms with van der Waals surface area (Å²) in [5.41, 5.74) is 4.01. The number of nitrogens with two attached hydrogens (primary N) is 1. The van der Waals surface area contributed by atoms with Crippen molar-refractivity contribution in [2.45, 2.75) is 58.5 Å². The summed E-state index contributed by atoms with van der Waals surface area (Å²) in [5, 5.41) is 2.76. The van der Waals surface area contributed by atoms with Crippen LogP contribution in [0.4, 0.5) is 5.69 Å². The molecule has 1 unspecified atom stereocenters. The summed E-state index contributed by atoms with van der Waals surface area (Å²) in [6.45, 7) is 8.76. The summed E-state index contributed by atoms with van der Waals surface area (Å²) in [6, 6.07) is 6.82. The van der Waals surface area contributed by atoms with Crippen LogP contribution in [-0.4, -0.2) is 30.1 Å². The molecule has 0 fully saturated rings. The molecule has 8 heteroatoms. The van der Waals surface area contributed by atoms with Gasteiger partial charge in [0.15, 0.2) is 0 Å². The van der Waals surface area contributed by atoms with Crippen LogP contribution in [0.3, 0.4) is 0 Å². The van der Waals surface area contributed by atoms with Crippen LogP contribution in [0, 0.1) is 0 Å². The van der Waals surface area contributed by atoms with Crippen LogP contribution in [0.1, 0.15) is 53.0 Å². The number of carbonyl (C=O) groups excluding carboxylic acids is 3. The fourth-order valence-corrected chi connectivity index (χ4v) is 3.86. The highest BCUT2D eigenvalue weighted by molar-refractivity contribution is 6.21. The Bertz CT molecular complexity index is 1000. The molecule has 0 radical (unpaired) electrons. The number of carbonyl (C=O) groups is 3. The molecule has 166 valence electrons. The van der Waals surface area contributed by atoms with E-state index in [0.29, 0.717) is 17.7 Å². The van der Waals surface area contributed by atoms with Crippen LogP contribution in [0.5, 0.6) is 0 Å². The molecule has 3 N–H and O–H groups in total. The van der Waals surface area contributed by atoms with Crippen LogP contribution in [-0.2, 0) is 34.0 Å². The number of anilines is 1. The van der Waals surface area contributed by atoms with E-state index >= 15 is 0 Å². The van der Waals surface area contributed by atoms with Gasteiger partial charge in [0.2, 0.25) is 11.8 Å². The molecule has 2 heterocycles. The molecule has 31 heavy (non-hydrogen) atoms. The minimum Gasteiger partial charge on any atom is -0.462 e. The maximum atomic E-state index is 13.5. The Kier molecular flexibility index (Phi) is 5.85. The Labute approximate surface area is 181 Å². The van der Waals surface area contributed by atoms with Gasteiger partial charge in [-0.2, -0.15) is 0 Å². The topological polar surface area (TPSA) is 117 Å². The number of nitrogens with one attached hydrogen (secondary N) is 1. The molecule has 0 saturated carbocycles. The average Bonchev–Trinajstić information content (AvgIpc) is 2.92. The van der Waals surface area contributed by atoms with Crippen LogP contribution >= 0.6 is 0 Å². The lowest BCUT2D eigenvalue weighted by Gasteiger charge is -2.36. The Hall–Kier alpha value is -3.29. The SMILES string of the molecule is CCCCOC(=O)C1=C(N)OC(C)=C(C(=O)OC(C)(C)C)C12C(=O)Nc1ccccc12. The number of rotatable bonds is 5. The van der Waals surface area contributed by atoms with Crippen molar-refractivity contribution in [3.05, 3.63) is 52.6 Å². The molecule has 1 spiro atoms. The second-order valence-corrected chi connectivity index (χ2v) is 8.51. The second-order valence-electron chi connectivity index (χ2n) is 8.51. The first-order chi connectivity index (χ1) is 14.5. The summed E-state index contributed by atoms with van der Waals surface area (Å²) in [5.74, 6) is -2.38. The summed E-state index contributed by atoms with van der Waals surface area (Å²) in [4.78, 5) is 40.0. The molecule has 3 rings (SSSR count). The highest BCUT2D eigenvalue weighted by atomic mass is 16.6. The van der Waals surface area contributed by atoms with Crippen LogP contribution in [0.25, 0.3) is 0 Å². The molecule has 2 aliphatic rings. The third kappa shape index (κ3) is 3.78. The zero-order chi connectivity index (χ0) is 23.0. The van der Waals surface area contributed by atoms with Crippen molar-refractivity contribution in [1.82, 2.24) is 0 Å². The predicted octanol–water partition coefficient (Wildman–Crippen LogP) is 3.04. The highest BCUT2D eigenvalue weighted by Gasteiger charge is 2.62. The summed E-state index contributed by atoms with van der Waals surface area (Å²) >= 11 is 0. The molecular weight excluding hydrogens is 400 g/mol. The molecule has 1 atom stereocenters. The van der Waals surface area contributed by atoms with Gasteiger partial charge in [0.1, 0.15) is 27.9 Å². The first-order valence-corrected chi connectivity index (χ1v) is 10.2. The van der Waals surface area contributed by atoms with Crippen molar-refractivity contribution in [3.8, 4) is 0 Å². The molecule has 1 aromatic carbocycles. The van der Waals surface area contributed by atoms with Gasteiger partial charge in [0, 0.05) is 11.3 Å². The third-order valence-corrected chi connectivity index (χ3v) is 5.07. The Morgan fingerprint density at radius 1 is 1.16 bits per heavy atom. The number of hydrogen-bond acceptors (Lipinski definition) is 7. The van der Waals surface area contributed by atoms with Crippen molar-refractivity contribution < 1.29 is 28.6 Å². The number of benzene rings is 1. The quantitative estimate of drug-likeness (QED) is 0.547. The third-order valence-electron chi connectivity index (χ3n) is 5.07. The lowest BCUT2D eigenvalue weighted by atomic mass is 9.67. The number of ether oxygens (including phenoxy) is 3. The van der Waals surface area contributed by atoms with Crippen molar-refractivity contribution in [2.24, 2.45) is 5.73 Å². The highest BCUT2D eigenvalue weighted by Crippen LogP contribution is 2.52. The molecule has 0 bridgehead atoms. The summed E-state index contributed by atoms with van der Waals surface area (Å²) in [7, 11) is 0. The molecule has 8 nitrogen and oxygen atoms in total. The monoisotopic (exact) mass is 428 g/mol. The number of amides is 1. The fourth-order valence-electron chi connectivity index (χ4n) is 3.86. The summed E-state index contributed by atoms with van der Waals surface area (Å²) < 4.78 is 16.6. The van der Waals surface area contributed by atoms with Crippen LogP contribution in [0.15, 0.2) is 47.1 Å². The fraction of sp³-hybridized carbons (Fsp3) is 0.435. The van der Waals surface area contributed by atoms with Gasteiger partial charge in [-0.1, -0.05) is 31.5 Å². The van der Waals surface area contributed by atoms with Crippen LogP contribution in [0.2, 0.25) is 0 Å². The van der Waals surface area contributed by atoms with Gasteiger partial charge in [-0.25, -0.2) is 9.59 Å². The zero-order valence-corrected chi connectivity index (χ0v) is 18.5. The Morgan fingerprint density at radius 2 is 1.84 bits per heavy atom. The van der Waals surface area contributed by atoms with Gasteiger partial charge < -0.3 is 25.3 Å². The van der Waals surface area contributed by atoms with E-state index in [-0.39, 0.29) is 29.4 Å². The van der Waals surface area contributed by atoms with Gasteiger partial charge >= 0.3 is 11.9 Å². The van der Waals surface area contributed by atoms with Crippen molar-refractivity contribution in [2.75, 3.05) is 11.9 Å². The minimum atomic E-state index is -1.84. The number of allylic oxidation sites excluding steroid dienone is 1. The average molecular weight is 428 g/mol. The van der Waals surface area contributed by atoms with Crippen molar-refractivity contribution >= 4 is 23.5 Å². The van der Waals surface area contributed by atoms with E-state index in [1.807, 2.05) is 6.92 Å². The first-order valence-electron chi connectivity index (χ1n) is 10.2. The molecule has 0 aliphatic carbocycles. The number of unbranched alkanes of at least 4 members (excludes halogenated alkanes) is 1. The minimum absolute atomic E-state index is 0.0868. The van der Waals surface area contributed by atoms with E-state index in [9.17, 15) is 14.4 Å². The van der Waals surface area contributed by atoms with E-state index in [1.54, 1.807) is 45.0 Å². The first kappa shape index (κ1) is 22.4. The molecular formula is C23H28N2O6. The smallest absolute Gasteiger partial charge is 0.341 e. The van der Waals surface area contributed by atoms with Crippen LogP contribution < -0.4 is 11.1 Å². The predicted molar refractivity (Wildman–Crippen MR) is 113 cm³/mol. The molecule has 0 aromatic heterocycles. The zero-order valence-electron chi connectivity index (χ0n) is 18.5. The van der Waals surface area contributed by atoms with Gasteiger partial charge in [0.05, 0.1) is 6.61 Å². The maximum Gasteiger partial charge on any atom is 0.341 e. The molecule has 1 aromatic rings. The van der Waals surface area contributed by atoms with E-state index in [1.165, 1.54) is 6.92 Å². The van der Waals surface area contributed by atoms with Gasteiger partial charge in [0.25, 0.3) is 0 Å². The maximum absolute atomic E-state index is 13.5. The summed E-state index contributed by atoms with van der Waals surface area (Å²) in [6.07, 6.45) is 1.46. The lowest BCUT2D eigenvalue weighted by Crippen LogP contribution is -2.49. The van der Waals surface area contributed by atoms with Gasteiger partial charge in [-0.05, 0) is 40.2 Å². The molecule has 0 saturated heterocycles. The largest absolute Gasteiger partial charge is 0.462 e.